The third-order valence-corrected chi connectivity index (χ3v) is 3.51. The summed E-state index contributed by atoms with van der Waals surface area (Å²) in [7, 11) is 1.96. The van der Waals surface area contributed by atoms with E-state index in [9.17, 15) is 4.39 Å². The Morgan fingerprint density at radius 1 is 1.05 bits per heavy atom. The van der Waals surface area contributed by atoms with Crippen LogP contribution in [0.15, 0.2) is 42.5 Å². The van der Waals surface area contributed by atoms with Crippen LogP contribution in [0.25, 0.3) is 0 Å². The zero-order chi connectivity index (χ0) is 15.2. The molecule has 0 fully saturated rings. The Morgan fingerprint density at radius 2 is 1.76 bits per heavy atom. The van der Waals surface area contributed by atoms with Crippen LogP contribution in [0.3, 0.4) is 0 Å². The molecule has 2 aromatic carbocycles. The van der Waals surface area contributed by atoms with Crippen LogP contribution in [0, 0.1) is 12.7 Å². The van der Waals surface area contributed by atoms with Gasteiger partial charge >= 0.3 is 0 Å². The maximum absolute atomic E-state index is 13.8. The van der Waals surface area contributed by atoms with Crippen LogP contribution < -0.4 is 10.2 Å². The van der Waals surface area contributed by atoms with Gasteiger partial charge in [-0.2, -0.15) is 0 Å². The molecule has 0 aliphatic rings. The van der Waals surface area contributed by atoms with Gasteiger partial charge in [0.1, 0.15) is 5.82 Å². The number of anilines is 2. The van der Waals surface area contributed by atoms with E-state index in [1.54, 1.807) is 12.1 Å². The third kappa shape index (κ3) is 4.30. The molecule has 1 N–H and O–H groups in total. The summed E-state index contributed by atoms with van der Waals surface area (Å²) in [5.41, 5.74) is 4.11. The zero-order valence-electron chi connectivity index (χ0n) is 13.0. The van der Waals surface area contributed by atoms with Gasteiger partial charge in [0.25, 0.3) is 0 Å². The molecule has 0 saturated heterocycles. The molecule has 0 aliphatic heterocycles. The Balaban J connectivity index is 2.20. The summed E-state index contributed by atoms with van der Waals surface area (Å²) >= 11 is 0. The molecule has 3 heteroatoms. The van der Waals surface area contributed by atoms with Crippen LogP contribution in [-0.2, 0) is 6.54 Å². The minimum Gasteiger partial charge on any atom is -0.345 e. The summed E-state index contributed by atoms with van der Waals surface area (Å²) in [4.78, 5) is 2.01. The minimum atomic E-state index is -0.195. The van der Waals surface area contributed by atoms with Crippen molar-refractivity contribution in [3.8, 4) is 0 Å². The molecule has 2 aromatic rings. The van der Waals surface area contributed by atoms with Gasteiger partial charge < -0.3 is 10.2 Å². The second-order valence-corrected chi connectivity index (χ2v) is 5.39. The van der Waals surface area contributed by atoms with Crippen LogP contribution in [0.1, 0.15) is 24.5 Å². The maximum Gasteiger partial charge on any atom is 0.125 e. The van der Waals surface area contributed by atoms with Gasteiger partial charge in [-0.15, -0.1) is 0 Å². The lowest BCUT2D eigenvalue weighted by atomic mass is 10.1. The fraction of sp³-hybridized carbons (Fsp3) is 0.333. The van der Waals surface area contributed by atoms with Crippen molar-refractivity contribution >= 4 is 11.4 Å². The fourth-order valence-electron chi connectivity index (χ4n) is 2.26. The first kappa shape index (κ1) is 15.5. The quantitative estimate of drug-likeness (QED) is 0.792. The van der Waals surface area contributed by atoms with Gasteiger partial charge in [-0.25, -0.2) is 4.39 Å². The van der Waals surface area contributed by atoms with Crippen LogP contribution in [0.5, 0.6) is 0 Å². The van der Waals surface area contributed by atoms with Crippen molar-refractivity contribution in [1.82, 2.24) is 5.32 Å². The van der Waals surface area contributed by atoms with Crippen molar-refractivity contribution in [2.24, 2.45) is 0 Å². The van der Waals surface area contributed by atoms with Crippen LogP contribution in [0.4, 0.5) is 15.8 Å². The van der Waals surface area contributed by atoms with Gasteiger partial charge in [-0.1, -0.05) is 24.6 Å². The molecule has 0 heterocycles. The summed E-state index contributed by atoms with van der Waals surface area (Å²) in [6.07, 6.45) is 1.07. The molecule has 0 aliphatic carbocycles. The molecule has 0 unspecified atom stereocenters. The summed E-state index contributed by atoms with van der Waals surface area (Å²) in [5, 5.41) is 3.31. The average Bonchev–Trinajstić information content (AvgIpc) is 2.47. The van der Waals surface area contributed by atoms with E-state index in [1.807, 2.05) is 18.0 Å². The third-order valence-electron chi connectivity index (χ3n) is 3.51. The number of aryl methyl sites for hydroxylation is 1. The van der Waals surface area contributed by atoms with Gasteiger partial charge in [0.05, 0.1) is 0 Å². The highest BCUT2D eigenvalue weighted by Gasteiger charge is 2.07. The van der Waals surface area contributed by atoms with Gasteiger partial charge in [0.15, 0.2) is 0 Å². The predicted octanol–water partition coefficient (Wildman–Crippen LogP) is 4.40. The van der Waals surface area contributed by atoms with Crippen LogP contribution >= 0.6 is 0 Å². The smallest absolute Gasteiger partial charge is 0.125 e. The highest BCUT2D eigenvalue weighted by molar-refractivity contribution is 5.63. The summed E-state index contributed by atoms with van der Waals surface area (Å²) in [6, 6.07) is 13.4. The standard InChI is InChI=1S/C18H23FN2/c1-4-9-20-13-15-10-16(19)12-18(11-15)21(3)17-7-5-14(2)6-8-17/h5-8,10-12,20H,4,9,13H2,1-3H3. The molecule has 0 radical (unpaired) electrons. The Labute approximate surface area is 126 Å². The average molecular weight is 286 g/mol. The van der Waals surface area contributed by atoms with Crippen molar-refractivity contribution < 1.29 is 4.39 Å². The fourth-order valence-corrected chi connectivity index (χ4v) is 2.26. The first-order chi connectivity index (χ1) is 10.1. The Morgan fingerprint density at radius 3 is 2.43 bits per heavy atom. The first-order valence-electron chi connectivity index (χ1n) is 7.40. The normalized spacial score (nSPS) is 10.7. The van der Waals surface area contributed by atoms with E-state index in [0.29, 0.717) is 6.54 Å². The monoisotopic (exact) mass is 286 g/mol. The van der Waals surface area contributed by atoms with Gasteiger partial charge in [-0.3, -0.25) is 0 Å². The minimum absolute atomic E-state index is 0.195. The van der Waals surface area contributed by atoms with Crippen molar-refractivity contribution in [2.75, 3.05) is 18.5 Å². The number of hydrogen-bond acceptors (Lipinski definition) is 2. The van der Waals surface area contributed by atoms with E-state index in [0.717, 1.165) is 29.9 Å². The van der Waals surface area contributed by atoms with Crippen LogP contribution in [-0.4, -0.2) is 13.6 Å². The topological polar surface area (TPSA) is 15.3 Å². The van der Waals surface area contributed by atoms with E-state index >= 15 is 0 Å². The molecule has 2 rings (SSSR count). The molecule has 0 aromatic heterocycles. The molecular formula is C18H23FN2. The molecular weight excluding hydrogens is 263 g/mol. The SMILES string of the molecule is CCCNCc1cc(F)cc(N(C)c2ccc(C)cc2)c1. The number of halogens is 1. The van der Waals surface area contributed by atoms with Crippen LogP contribution in [0.2, 0.25) is 0 Å². The molecule has 2 nitrogen and oxygen atoms in total. The van der Waals surface area contributed by atoms with Gasteiger partial charge in [0.2, 0.25) is 0 Å². The molecule has 0 saturated carbocycles. The highest BCUT2D eigenvalue weighted by atomic mass is 19.1. The van der Waals surface area contributed by atoms with Crippen molar-refractivity contribution in [3.05, 3.63) is 59.4 Å². The van der Waals surface area contributed by atoms with E-state index in [2.05, 4.69) is 43.4 Å². The van der Waals surface area contributed by atoms with Gasteiger partial charge in [-0.05, 0) is 55.8 Å². The number of nitrogens with zero attached hydrogens (tertiary/aromatic N) is 1. The molecule has 112 valence electrons. The second kappa shape index (κ2) is 7.23. The number of rotatable bonds is 6. The second-order valence-electron chi connectivity index (χ2n) is 5.39. The molecule has 0 bridgehead atoms. The van der Waals surface area contributed by atoms with Crippen molar-refractivity contribution in [3.63, 3.8) is 0 Å². The van der Waals surface area contributed by atoms with E-state index in [4.69, 9.17) is 0 Å². The maximum atomic E-state index is 13.8. The Kier molecular flexibility index (Phi) is 5.34. The molecule has 0 amide bonds. The lowest BCUT2D eigenvalue weighted by Gasteiger charge is -2.21. The summed E-state index contributed by atoms with van der Waals surface area (Å²) in [6.45, 7) is 5.82. The summed E-state index contributed by atoms with van der Waals surface area (Å²) in [5.74, 6) is -0.195. The van der Waals surface area contributed by atoms with E-state index < -0.39 is 0 Å². The lowest BCUT2D eigenvalue weighted by molar-refractivity contribution is 0.619. The van der Waals surface area contributed by atoms with Gasteiger partial charge in [0, 0.05) is 25.0 Å². The van der Waals surface area contributed by atoms with E-state index in [-0.39, 0.29) is 5.82 Å². The number of hydrogen-bond donors (Lipinski definition) is 1. The molecule has 0 spiro atoms. The summed E-state index contributed by atoms with van der Waals surface area (Å²) < 4.78 is 13.8. The lowest BCUT2D eigenvalue weighted by Crippen LogP contribution is -2.15. The highest BCUT2D eigenvalue weighted by Crippen LogP contribution is 2.25. The largest absolute Gasteiger partial charge is 0.345 e. The van der Waals surface area contributed by atoms with Crippen molar-refractivity contribution in [1.29, 1.82) is 0 Å². The number of benzene rings is 2. The predicted molar refractivity (Wildman–Crippen MR) is 87.6 cm³/mol. The Bertz CT molecular complexity index is 578. The molecule has 21 heavy (non-hydrogen) atoms. The first-order valence-corrected chi connectivity index (χ1v) is 7.40. The zero-order valence-corrected chi connectivity index (χ0v) is 13.0. The number of nitrogens with one attached hydrogen (secondary N) is 1. The van der Waals surface area contributed by atoms with Crippen molar-refractivity contribution in [2.45, 2.75) is 26.8 Å². The Hall–Kier alpha value is -1.87. The van der Waals surface area contributed by atoms with E-state index in [1.165, 1.54) is 5.56 Å². The molecule has 0 atom stereocenters.